The van der Waals surface area contributed by atoms with Gasteiger partial charge in [-0.25, -0.2) is 0 Å². The topological polar surface area (TPSA) is 50.8 Å². The van der Waals surface area contributed by atoms with Crippen molar-refractivity contribution in [2.75, 3.05) is 38.3 Å². The highest BCUT2D eigenvalue weighted by molar-refractivity contribution is 9.10. The largest absolute Gasteiger partial charge is 0.378 e. The highest BCUT2D eigenvalue weighted by Crippen LogP contribution is 2.26. The molecule has 1 heterocycles. The van der Waals surface area contributed by atoms with Crippen LogP contribution < -0.4 is 10.2 Å². The van der Waals surface area contributed by atoms with Crippen LogP contribution in [0.25, 0.3) is 0 Å². The summed E-state index contributed by atoms with van der Waals surface area (Å²) in [4.78, 5) is 14.4. The molecule has 2 rings (SSSR count). The molecular formula is C16H23BrN2O3. The molecule has 1 aromatic rings. The predicted molar refractivity (Wildman–Crippen MR) is 90.1 cm³/mol. The molecule has 0 unspecified atom stereocenters. The average molecular weight is 371 g/mol. The predicted octanol–water partition coefficient (Wildman–Crippen LogP) is 2.33. The average Bonchev–Trinajstić information content (AvgIpc) is 2.54. The molecule has 0 saturated carbocycles. The molecule has 1 aromatic carbocycles. The number of hydrogen-bond acceptors (Lipinski definition) is 4. The third-order valence-electron chi connectivity index (χ3n) is 3.90. The molecule has 1 saturated heterocycles. The van der Waals surface area contributed by atoms with Gasteiger partial charge in [0.25, 0.3) is 5.91 Å². The molecule has 6 heteroatoms. The minimum atomic E-state index is -0.825. The molecule has 0 aliphatic carbocycles. The fraction of sp³-hybridized carbons (Fsp3) is 0.562. The van der Waals surface area contributed by atoms with Crippen LogP contribution in [0.1, 0.15) is 19.4 Å². The quantitative estimate of drug-likeness (QED) is 0.863. The van der Waals surface area contributed by atoms with Crippen molar-refractivity contribution >= 4 is 27.5 Å². The van der Waals surface area contributed by atoms with Crippen LogP contribution in [0.3, 0.4) is 0 Å². The Morgan fingerprint density at radius 1 is 1.41 bits per heavy atom. The Bertz CT molecular complexity index is 528. The van der Waals surface area contributed by atoms with E-state index in [1.165, 1.54) is 0 Å². The number of rotatable bonds is 5. The second-order valence-electron chi connectivity index (χ2n) is 5.77. The third kappa shape index (κ3) is 4.21. The number of amides is 1. The second kappa shape index (κ2) is 7.44. The van der Waals surface area contributed by atoms with Crippen molar-refractivity contribution in [2.45, 2.75) is 26.0 Å². The van der Waals surface area contributed by atoms with E-state index >= 15 is 0 Å². The van der Waals surface area contributed by atoms with Gasteiger partial charge in [0.2, 0.25) is 0 Å². The summed E-state index contributed by atoms with van der Waals surface area (Å²) < 4.78 is 11.6. The standard InChI is InChI=1S/C16H23BrN2O3/c1-16(2,21-3)15(20)18-11-12-4-5-13(17)10-14(12)19-6-8-22-9-7-19/h4-5,10H,6-9,11H2,1-3H3,(H,18,20). The summed E-state index contributed by atoms with van der Waals surface area (Å²) in [7, 11) is 1.54. The van der Waals surface area contributed by atoms with Gasteiger partial charge in [-0.15, -0.1) is 0 Å². The number of nitrogens with one attached hydrogen (secondary N) is 1. The Balaban J connectivity index is 2.11. The van der Waals surface area contributed by atoms with E-state index in [2.05, 4.69) is 32.2 Å². The highest BCUT2D eigenvalue weighted by Gasteiger charge is 2.26. The fourth-order valence-corrected chi connectivity index (χ4v) is 2.62. The van der Waals surface area contributed by atoms with Crippen molar-refractivity contribution in [3.8, 4) is 0 Å². The van der Waals surface area contributed by atoms with Gasteiger partial charge < -0.3 is 19.7 Å². The summed E-state index contributed by atoms with van der Waals surface area (Å²) in [5.41, 5.74) is 1.40. The van der Waals surface area contributed by atoms with E-state index in [1.807, 2.05) is 12.1 Å². The Morgan fingerprint density at radius 2 is 2.09 bits per heavy atom. The zero-order valence-corrected chi connectivity index (χ0v) is 14.9. The number of benzene rings is 1. The SMILES string of the molecule is COC(C)(C)C(=O)NCc1ccc(Br)cc1N1CCOCC1. The molecule has 1 fully saturated rings. The van der Waals surface area contributed by atoms with Gasteiger partial charge in [-0.1, -0.05) is 22.0 Å². The van der Waals surface area contributed by atoms with E-state index in [0.29, 0.717) is 6.54 Å². The Labute approximate surface area is 140 Å². The van der Waals surface area contributed by atoms with Crippen LogP contribution in [0.5, 0.6) is 0 Å². The van der Waals surface area contributed by atoms with Crippen molar-refractivity contribution in [3.05, 3.63) is 28.2 Å². The molecule has 0 atom stereocenters. The molecule has 1 aliphatic rings. The number of nitrogens with zero attached hydrogens (tertiary/aromatic N) is 1. The van der Waals surface area contributed by atoms with Gasteiger partial charge in [0, 0.05) is 36.9 Å². The normalized spacial score (nSPS) is 15.7. The van der Waals surface area contributed by atoms with E-state index in [9.17, 15) is 4.79 Å². The number of morpholine rings is 1. The minimum Gasteiger partial charge on any atom is -0.378 e. The van der Waals surface area contributed by atoms with E-state index in [4.69, 9.17) is 9.47 Å². The molecule has 122 valence electrons. The molecule has 1 amide bonds. The summed E-state index contributed by atoms with van der Waals surface area (Å²) in [5.74, 6) is -0.120. The van der Waals surface area contributed by atoms with Gasteiger partial charge in [-0.2, -0.15) is 0 Å². The van der Waals surface area contributed by atoms with Crippen LogP contribution in [0.2, 0.25) is 0 Å². The zero-order valence-electron chi connectivity index (χ0n) is 13.3. The second-order valence-corrected chi connectivity index (χ2v) is 6.69. The Morgan fingerprint density at radius 3 is 2.73 bits per heavy atom. The Kier molecular flexibility index (Phi) is 5.83. The van der Waals surface area contributed by atoms with Gasteiger partial charge in [-0.3, -0.25) is 4.79 Å². The van der Waals surface area contributed by atoms with Crippen molar-refractivity contribution in [1.29, 1.82) is 0 Å². The van der Waals surface area contributed by atoms with Crippen LogP contribution in [-0.4, -0.2) is 44.9 Å². The zero-order chi connectivity index (χ0) is 16.2. The molecule has 22 heavy (non-hydrogen) atoms. The smallest absolute Gasteiger partial charge is 0.251 e. The fourth-order valence-electron chi connectivity index (χ4n) is 2.27. The van der Waals surface area contributed by atoms with E-state index in [1.54, 1.807) is 21.0 Å². The first-order chi connectivity index (χ1) is 10.4. The van der Waals surface area contributed by atoms with Crippen molar-refractivity contribution in [3.63, 3.8) is 0 Å². The first kappa shape index (κ1) is 17.2. The summed E-state index contributed by atoms with van der Waals surface area (Å²) in [6.45, 7) is 7.18. The number of ether oxygens (including phenoxy) is 2. The van der Waals surface area contributed by atoms with Crippen molar-refractivity contribution in [2.24, 2.45) is 0 Å². The van der Waals surface area contributed by atoms with E-state index in [-0.39, 0.29) is 5.91 Å². The van der Waals surface area contributed by atoms with Gasteiger partial charge in [-0.05, 0) is 31.5 Å². The van der Waals surface area contributed by atoms with E-state index < -0.39 is 5.60 Å². The number of halogens is 1. The van der Waals surface area contributed by atoms with Crippen LogP contribution >= 0.6 is 15.9 Å². The van der Waals surface area contributed by atoms with Crippen LogP contribution in [0.4, 0.5) is 5.69 Å². The maximum Gasteiger partial charge on any atom is 0.251 e. The van der Waals surface area contributed by atoms with Gasteiger partial charge in [0.05, 0.1) is 13.2 Å². The molecule has 1 aliphatic heterocycles. The molecule has 0 radical (unpaired) electrons. The summed E-state index contributed by atoms with van der Waals surface area (Å²) in [6, 6.07) is 6.12. The van der Waals surface area contributed by atoms with Gasteiger partial charge in [0.1, 0.15) is 5.60 Å². The first-order valence-electron chi connectivity index (χ1n) is 7.38. The molecule has 0 spiro atoms. The van der Waals surface area contributed by atoms with Gasteiger partial charge in [0.15, 0.2) is 0 Å². The van der Waals surface area contributed by atoms with Crippen molar-refractivity contribution in [1.82, 2.24) is 5.32 Å². The minimum absolute atomic E-state index is 0.120. The number of anilines is 1. The summed E-state index contributed by atoms with van der Waals surface area (Å²) in [5, 5.41) is 2.95. The number of carbonyl (C=O) groups is 1. The van der Waals surface area contributed by atoms with Gasteiger partial charge >= 0.3 is 0 Å². The number of hydrogen-bond donors (Lipinski definition) is 1. The lowest BCUT2D eigenvalue weighted by Gasteiger charge is -2.31. The molecule has 1 N–H and O–H groups in total. The lowest BCUT2D eigenvalue weighted by molar-refractivity contribution is -0.139. The van der Waals surface area contributed by atoms with Crippen LogP contribution in [0.15, 0.2) is 22.7 Å². The van der Waals surface area contributed by atoms with Crippen LogP contribution in [-0.2, 0) is 20.8 Å². The highest BCUT2D eigenvalue weighted by atomic mass is 79.9. The molecular weight excluding hydrogens is 348 g/mol. The number of carbonyl (C=O) groups excluding carboxylic acids is 1. The first-order valence-corrected chi connectivity index (χ1v) is 8.18. The maximum atomic E-state index is 12.1. The lowest BCUT2D eigenvalue weighted by atomic mass is 10.1. The number of methoxy groups -OCH3 is 1. The molecule has 0 bridgehead atoms. The monoisotopic (exact) mass is 370 g/mol. The lowest BCUT2D eigenvalue weighted by Crippen LogP contribution is -2.43. The van der Waals surface area contributed by atoms with Crippen LogP contribution in [0, 0.1) is 0 Å². The molecule has 0 aromatic heterocycles. The molecule has 5 nitrogen and oxygen atoms in total. The van der Waals surface area contributed by atoms with E-state index in [0.717, 1.165) is 42.0 Å². The summed E-state index contributed by atoms with van der Waals surface area (Å²) >= 11 is 3.52. The third-order valence-corrected chi connectivity index (χ3v) is 4.39. The van der Waals surface area contributed by atoms with Crippen molar-refractivity contribution < 1.29 is 14.3 Å². The maximum absolute atomic E-state index is 12.1. The Hall–Kier alpha value is -1.11. The summed E-state index contributed by atoms with van der Waals surface area (Å²) in [6.07, 6.45) is 0.